The van der Waals surface area contributed by atoms with Gasteiger partial charge in [0.2, 0.25) is 11.8 Å². The molecule has 96 valence electrons. The van der Waals surface area contributed by atoms with Crippen LogP contribution in [0.25, 0.3) is 0 Å². The average molecular weight is 239 g/mol. The van der Waals surface area contributed by atoms with Crippen molar-refractivity contribution < 1.29 is 9.59 Å². The number of piperidine rings is 2. The first-order chi connectivity index (χ1) is 8.14. The zero-order valence-electron chi connectivity index (χ0n) is 10.4. The summed E-state index contributed by atoms with van der Waals surface area (Å²) in [5.41, 5.74) is -0.436. The standard InChI is InChI=1S/C12H21N3O2/c1-10(16)14-12(5-7-13-8-6-12)15-9-3-2-4-11(15)17/h13H,2-9H2,1H3,(H,14,16). The highest BCUT2D eigenvalue weighted by atomic mass is 16.2. The maximum absolute atomic E-state index is 12.0. The summed E-state index contributed by atoms with van der Waals surface area (Å²) in [6.07, 6.45) is 4.25. The molecular weight excluding hydrogens is 218 g/mol. The van der Waals surface area contributed by atoms with Crippen LogP contribution in [0, 0.1) is 0 Å². The minimum absolute atomic E-state index is 0.0507. The quantitative estimate of drug-likeness (QED) is 0.724. The number of rotatable bonds is 2. The lowest BCUT2D eigenvalue weighted by molar-refractivity contribution is -0.146. The zero-order chi connectivity index (χ0) is 12.3. The summed E-state index contributed by atoms with van der Waals surface area (Å²) >= 11 is 0. The molecule has 2 heterocycles. The second-order valence-corrected chi connectivity index (χ2v) is 4.97. The van der Waals surface area contributed by atoms with Crippen molar-refractivity contribution in [1.82, 2.24) is 15.5 Å². The van der Waals surface area contributed by atoms with Crippen LogP contribution in [0.5, 0.6) is 0 Å². The molecule has 0 spiro atoms. The Morgan fingerprint density at radius 3 is 2.65 bits per heavy atom. The minimum atomic E-state index is -0.436. The summed E-state index contributed by atoms with van der Waals surface area (Å²) in [4.78, 5) is 25.3. The van der Waals surface area contributed by atoms with Crippen molar-refractivity contribution in [1.29, 1.82) is 0 Å². The molecule has 0 bridgehead atoms. The third kappa shape index (κ3) is 2.60. The number of nitrogens with zero attached hydrogens (tertiary/aromatic N) is 1. The number of nitrogens with one attached hydrogen (secondary N) is 2. The molecule has 5 nitrogen and oxygen atoms in total. The van der Waals surface area contributed by atoms with Gasteiger partial charge in [-0.25, -0.2) is 0 Å². The Kier molecular flexibility index (Phi) is 3.66. The monoisotopic (exact) mass is 239 g/mol. The van der Waals surface area contributed by atoms with E-state index in [1.165, 1.54) is 6.92 Å². The molecule has 0 unspecified atom stereocenters. The van der Waals surface area contributed by atoms with Crippen LogP contribution < -0.4 is 10.6 Å². The van der Waals surface area contributed by atoms with Gasteiger partial charge in [0.15, 0.2) is 0 Å². The Morgan fingerprint density at radius 2 is 2.06 bits per heavy atom. The first-order valence-electron chi connectivity index (χ1n) is 6.44. The molecule has 0 atom stereocenters. The molecular formula is C12H21N3O2. The average Bonchev–Trinajstić information content (AvgIpc) is 2.29. The first-order valence-corrected chi connectivity index (χ1v) is 6.44. The van der Waals surface area contributed by atoms with Crippen LogP contribution in [0.4, 0.5) is 0 Å². The largest absolute Gasteiger partial charge is 0.333 e. The van der Waals surface area contributed by atoms with E-state index >= 15 is 0 Å². The molecule has 2 fully saturated rings. The number of amides is 2. The molecule has 17 heavy (non-hydrogen) atoms. The fraction of sp³-hybridized carbons (Fsp3) is 0.833. The van der Waals surface area contributed by atoms with Gasteiger partial charge in [0.1, 0.15) is 5.66 Å². The van der Waals surface area contributed by atoms with Crippen LogP contribution >= 0.6 is 0 Å². The summed E-state index contributed by atoms with van der Waals surface area (Å²) in [7, 11) is 0. The molecule has 5 heteroatoms. The van der Waals surface area contributed by atoms with E-state index in [-0.39, 0.29) is 11.8 Å². The van der Waals surface area contributed by atoms with Gasteiger partial charge in [-0.3, -0.25) is 9.59 Å². The van der Waals surface area contributed by atoms with Gasteiger partial charge in [0.25, 0.3) is 0 Å². The van der Waals surface area contributed by atoms with E-state index in [1.54, 1.807) is 0 Å². The molecule has 2 amide bonds. The summed E-state index contributed by atoms with van der Waals surface area (Å²) in [6.45, 7) is 4.01. The predicted octanol–water partition coefficient (Wildman–Crippen LogP) is 0.215. The molecule has 0 aliphatic carbocycles. The maximum atomic E-state index is 12.0. The third-order valence-electron chi connectivity index (χ3n) is 3.68. The van der Waals surface area contributed by atoms with Crippen molar-refractivity contribution in [3.63, 3.8) is 0 Å². The Balaban J connectivity index is 2.18. The normalized spacial score (nSPS) is 24.5. The van der Waals surface area contributed by atoms with Gasteiger partial charge in [-0.2, -0.15) is 0 Å². The van der Waals surface area contributed by atoms with Crippen molar-refractivity contribution in [3.05, 3.63) is 0 Å². The highest BCUT2D eigenvalue weighted by Gasteiger charge is 2.41. The molecule has 2 saturated heterocycles. The topological polar surface area (TPSA) is 61.4 Å². The van der Waals surface area contributed by atoms with Crippen molar-refractivity contribution in [3.8, 4) is 0 Å². The van der Waals surface area contributed by atoms with Gasteiger partial charge < -0.3 is 15.5 Å². The second kappa shape index (κ2) is 5.04. The lowest BCUT2D eigenvalue weighted by Crippen LogP contribution is -2.66. The molecule has 2 aliphatic rings. The van der Waals surface area contributed by atoms with E-state index in [9.17, 15) is 9.59 Å². The number of hydrogen-bond donors (Lipinski definition) is 2. The lowest BCUT2D eigenvalue weighted by Gasteiger charge is -2.48. The minimum Gasteiger partial charge on any atom is -0.333 e. The van der Waals surface area contributed by atoms with Crippen LogP contribution in [-0.2, 0) is 9.59 Å². The van der Waals surface area contributed by atoms with E-state index in [0.29, 0.717) is 6.42 Å². The van der Waals surface area contributed by atoms with Crippen LogP contribution in [0.1, 0.15) is 39.0 Å². The number of carbonyl (C=O) groups is 2. The molecule has 0 aromatic heterocycles. The summed E-state index contributed by atoms with van der Waals surface area (Å²) < 4.78 is 0. The fourth-order valence-corrected chi connectivity index (χ4v) is 2.89. The predicted molar refractivity (Wildman–Crippen MR) is 64.2 cm³/mol. The van der Waals surface area contributed by atoms with Crippen LogP contribution in [0.3, 0.4) is 0 Å². The lowest BCUT2D eigenvalue weighted by atomic mass is 9.93. The van der Waals surface area contributed by atoms with Crippen molar-refractivity contribution >= 4 is 11.8 Å². The van der Waals surface area contributed by atoms with E-state index in [1.807, 2.05) is 4.90 Å². The summed E-state index contributed by atoms with van der Waals surface area (Å²) in [5, 5.41) is 6.30. The van der Waals surface area contributed by atoms with Gasteiger partial charge in [-0.05, 0) is 25.9 Å². The van der Waals surface area contributed by atoms with Gasteiger partial charge in [-0.15, -0.1) is 0 Å². The molecule has 0 aromatic rings. The van der Waals surface area contributed by atoms with Crippen molar-refractivity contribution in [2.24, 2.45) is 0 Å². The third-order valence-corrected chi connectivity index (χ3v) is 3.68. The molecule has 2 rings (SSSR count). The molecule has 0 saturated carbocycles. The first kappa shape index (κ1) is 12.4. The summed E-state index contributed by atoms with van der Waals surface area (Å²) in [6, 6.07) is 0. The highest BCUT2D eigenvalue weighted by Crippen LogP contribution is 2.27. The second-order valence-electron chi connectivity index (χ2n) is 4.97. The van der Waals surface area contributed by atoms with Crippen molar-refractivity contribution in [2.75, 3.05) is 19.6 Å². The molecule has 0 radical (unpaired) electrons. The number of carbonyl (C=O) groups excluding carboxylic acids is 2. The maximum Gasteiger partial charge on any atom is 0.224 e. The van der Waals surface area contributed by atoms with E-state index in [4.69, 9.17) is 0 Å². The SMILES string of the molecule is CC(=O)NC1(N2CCCCC2=O)CCNCC1. The van der Waals surface area contributed by atoms with Crippen LogP contribution in [0.15, 0.2) is 0 Å². The Labute approximate surface area is 102 Å². The van der Waals surface area contributed by atoms with Gasteiger partial charge in [0, 0.05) is 32.7 Å². The highest BCUT2D eigenvalue weighted by molar-refractivity contribution is 5.79. The van der Waals surface area contributed by atoms with Crippen LogP contribution in [0.2, 0.25) is 0 Å². The molecule has 2 N–H and O–H groups in total. The van der Waals surface area contributed by atoms with Gasteiger partial charge in [-0.1, -0.05) is 0 Å². The Morgan fingerprint density at radius 1 is 1.35 bits per heavy atom. The Bertz CT molecular complexity index is 311. The van der Waals surface area contributed by atoms with Crippen molar-refractivity contribution in [2.45, 2.75) is 44.7 Å². The van der Waals surface area contributed by atoms with E-state index in [0.717, 1.165) is 45.3 Å². The van der Waals surface area contributed by atoms with E-state index < -0.39 is 5.66 Å². The number of hydrogen-bond acceptors (Lipinski definition) is 3. The smallest absolute Gasteiger partial charge is 0.224 e. The van der Waals surface area contributed by atoms with E-state index in [2.05, 4.69) is 10.6 Å². The number of likely N-dealkylation sites (tertiary alicyclic amines) is 1. The summed E-state index contributed by atoms with van der Waals surface area (Å²) in [5.74, 6) is 0.136. The fourth-order valence-electron chi connectivity index (χ4n) is 2.89. The van der Waals surface area contributed by atoms with Gasteiger partial charge >= 0.3 is 0 Å². The van der Waals surface area contributed by atoms with Crippen LogP contribution in [-0.4, -0.2) is 42.0 Å². The molecule has 0 aromatic carbocycles. The Hall–Kier alpha value is -1.10. The van der Waals surface area contributed by atoms with Gasteiger partial charge in [0.05, 0.1) is 0 Å². The zero-order valence-corrected chi connectivity index (χ0v) is 10.4. The molecule has 2 aliphatic heterocycles.